The van der Waals surface area contributed by atoms with Crippen LogP contribution in [0.3, 0.4) is 0 Å². The SMILES string of the molecule is CC1=Cc2c(C)cc(C)cc2C1CCC1C(C)=Cc2c(Br)cccc21. The first kappa shape index (κ1) is 16.8. The maximum absolute atomic E-state index is 3.71. The number of rotatable bonds is 3. The number of hydrogen-bond acceptors (Lipinski definition) is 0. The molecule has 0 spiro atoms. The number of allylic oxidation sites excluding steroid dienone is 2. The highest BCUT2D eigenvalue weighted by Gasteiger charge is 2.28. The second-order valence-electron chi connectivity index (χ2n) is 7.79. The number of halogens is 1. The standard InChI is InChI=1S/C24H25Br/c1-14-10-15(2)21-12-16(3)19(22(21)11-14)9-8-18-17(4)13-23-20(18)6-5-7-24(23)25/h5-7,10-13,18-19H,8-9H2,1-4H3. The summed E-state index contributed by atoms with van der Waals surface area (Å²) in [4.78, 5) is 0. The summed E-state index contributed by atoms with van der Waals surface area (Å²) in [5.41, 5.74) is 11.7. The molecule has 0 saturated carbocycles. The van der Waals surface area contributed by atoms with E-state index < -0.39 is 0 Å². The van der Waals surface area contributed by atoms with E-state index in [4.69, 9.17) is 0 Å². The maximum Gasteiger partial charge on any atom is 0.0250 e. The van der Waals surface area contributed by atoms with Crippen molar-refractivity contribution >= 4 is 28.1 Å². The molecule has 2 aliphatic rings. The van der Waals surface area contributed by atoms with Crippen LogP contribution in [0.4, 0.5) is 0 Å². The van der Waals surface area contributed by atoms with Gasteiger partial charge in [0, 0.05) is 16.3 Å². The van der Waals surface area contributed by atoms with E-state index >= 15 is 0 Å². The number of fused-ring (bicyclic) bond motifs is 2. The zero-order valence-electron chi connectivity index (χ0n) is 15.5. The minimum absolute atomic E-state index is 0.565. The van der Waals surface area contributed by atoms with E-state index in [1.165, 1.54) is 56.3 Å². The van der Waals surface area contributed by atoms with Gasteiger partial charge in [0.05, 0.1) is 0 Å². The first-order valence-corrected chi connectivity index (χ1v) is 10.0. The van der Waals surface area contributed by atoms with Crippen LogP contribution < -0.4 is 0 Å². The third-order valence-corrected chi connectivity index (χ3v) is 6.68. The van der Waals surface area contributed by atoms with Crippen LogP contribution in [-0.2, 0) is 0 Å². The molecule has 1 heteroatoms. The largest absolute Gasteiger partial charge is 0.0652 e. The average Bonchev–Trinajstić information content (AvgIpc) is 3.04. The van der Waals surface area contributed by atoms with Crippen LogP contribution in [0.5, 0.6) is 0 Å². The number of benzene rings is 2. The van der Waals surface area contributed by atoms with E-state index in [1.807, 2.05) is 0 Å². The quantitative estimate of drug-likeness (QED) is 0.505. The predicted molar refractivity (Wildman–Crippen MR) is 112 cm³/mol. The summed E-state index contributed by atoms with van der Waals surface area (Å²) < 4.78 is 1.22. The lowest BCUT2D eigenvalue weighted by atomic mass is 9.84. The topological polar surface area (TPSA) is 0 Å². The molecule has 128 valence electrons. The summed E-state index contributed by atoms with van der Waals surface area (Å²) in [6, 6.07) is 11.3. The Morgan fingerprint density at radius 1 is 0.800 bits per heavy atom. The van der Waals surface area contributed by atoms with Crippen molar-refractivity contribution in [3.8, 4) is 0 Å². The van der Waals surface area contributed by atoms with Gasteiger partial charge in [-0.25, -0.2) is 0 Å². The van der Waals surface area contributed by atoms with Crippen molar-refractivity contribution in [3.63, 3.8) is 0 Å². The molecular formula is C24H25Br. The Balaban J connectivity index is 1.60. The summed E-state index contributed by atoms with van der Waals surface area (Å²) in [5, 5.41) is 0. The third kappa shape index (κ3) is 2.83. The highest BCUT2D eigenvalue weighted by atomic mass is 79.9. The Bertz CT molecular complexity index is 914. The van der Waals surface area contributed by atoms with E-state index in [0.717, 1.165) is 0 Å². The first-order chi connectivity index (χ1) is 12.0. The monoisotopic (exact) mass is 392 g/mol. The van der Waals surface area contributed by atoms with Crippen LogP contribution in [0.15, 0.2) is 46.0 Å². The van der Waals surface area contributed by atoms with Gasteiger partial charge >= 0.3 is 0 Å². The fourth-order valence-electron chi connectivity index (χ4n) is 4.75. The molecule has 0 bridgehead atoms. The van der Waals surface area contributed by atoms with Crippen LogP contribution >= 0.6 is 15.9 Å². The van der Waals surface area contributed by atoms with Crippen molar-refractivity contribution in [2.75, 3.05) is 0 Å². The van der Waals surface area contributed by atoms with Crippen LogP contribution in [0, 0.1) is 13.8 Å². The Hall–Kier alpha value is -1.60. The molecule has 0 fully saturated rings. The zero-order valence-corrected chi connectivity index (χ0v) is 17.1. The molecule has 0 saturated heterocycles. The lowest BCUT2D eigenvalue weighted by molar-refractivity contribution is 0.611. The second kappa shape index (κ2) is 6.29. The van der Waals surface area contributed by atoms with Crippen molar-refractivity contribution in [3.05, 3.63) is 79.3 Å². The van der Waals surface area contributed by atoms with E-state index in [-0.39, 0.29) is 0 Å². The van der Waals surface area contributed by atoms with Crippen LogP contribution in [0.1, 0.15) is 71.9 Å². The summed E-state index contributed by atoms with van der Waals surface area (Å²) in [5.74, 6) is 1.15. The molecule has 0 amide bonds. The van der Waals surface area contributed by atoms with Crippen LogP contribution in [0.2, 0.25) is 0 Å². The van der Waals surface area contributed by atoms with Gasteiger partial charge in [0.2, 0.25) is 0 Å². The van der Waals surface area contributed by atoms with Gasteiger partial charge in [-0.2, -0.15) is 0 Å². The van der Waals surface area contributed by atoms with Crippen molar-refractivity contribution in [2.45, 2.75) is 52.4 Å². The van der Waals surface area contributed by atoms with Crippen molar-refractivity contribution in [1.29, 1.82) is 0 Å². The average molecular weight is 393 g/mol. The molecule has 4 rings (SSSR count). The maximum atomic E-state index is 3.71. The lowest BCUT2D eigenvalue weighted by Gasteiger charge is -2.20. The number of aryl methyl sites for hydroxylation is 2. The van der Waals surface area contributed by atoms with Crippen molar-refractivity contribution in [2.24, 2.45) is 0 Å². The van der Waals surface area contributed by atoms with Gasteiger partial charge in [-0.05, 0) is 74.4 Å². The molecule has 2 aliphatic carbocycles. The fourth-order valence-corrected chi connectivity index (χ4v) is 5.25. The molecule has 2 unspecified atom stereocenters. The number of hydrogen-bond donors (Lipinski definition) is 0. The minimum atomic E-state index is 0.565. The molecule has 0 aromatic heterocycles. The highest BCUT2D eigenvalue weighted by molar-refractivity contribution is 9.10. The van der Waals surface area contributed by atoms with Gasteiger partial charge < -0.3 is 0 Å². The molecule has 0 radical (unpaired) electrons. The Kier molecular flexibility index (Phi) is 4.24. The second-order valence-corrected chi connectivity index (χ2v) is 8.64. The molecule has 0 N–H and O–H groups in total. The minimum Gasteiger partial charge on any atom is -0.0652 e. The smallest absolute Gasteiger partial charge is 0.0250 e. The van der Waals surface area contributed by atoms with Crippen molar-refractivity contribution in [1.82, 2.24) is 0 Å². The predicted octanol–water partition coefficient (Wildman–Crippen LogP) is 7.55. The lowest BCUT2D eigenvalue weighted by Crippen LogP contribution is -2.04. The third-order valence-electron chi connectivity index (χ3n) is 5.99. The summed E-state index contributed by atoms with van der Waals surface area (Å²) >= 11 is 3.71. The zero-order chi connectivity index (χ0) is 17.7. The Morgan fingerprint density at radius 2 is 1.44 bits per heavy atom. The molecule has 0 heterocycles. The molecule has 2 aromatic rings. The van der Waals surface area contributed by atoms with Crippen LogP contribution in [-0.4, -0.2) is 0 Å². The van der Waals surface area contributed by atoms with Crippen molar-refractivity contribution < 1.29 is 0 Å². The van der Waals surface area contributed by atoms with E-state index in [2.05, 4.69) is 86.1 Å². The van der Waals surface area contributed by atoms with Gasteiger partial charge in [-0.1, -0.05) is 69.1 Å². The van der Waals surface area contributed by atoms with Crippen LogP contribution in [0.25, 0.3) is 12.2 Å². The summed E-state index contributed by atoms with van der Waals surface area (Å²) in [6.45, 7) is 9.06. The van der Waals surface area contributed by atoms with E-state index in [0.29, 0.717) is 11.8 Å². The van der Waals surface area contributed by atoms with E-state index in [1.54, 1.807) is 5.56 Å². The van der Waals surface area contributed by atoms with Gasteiger partial charge in [0.25, 0.3) is 0 Å². The summed E-state index contributed by atoms with van der Waals surface area (Å²) in [7, 11) is 0. The molecule has 0 nitrogen and oxygen atoms in total. The molecule has 2 atom stereocenters. The van der Waals surface area contributed by atoms with E-state index in [9.17, 15) is 0 Å². The molecule has 2 aromatic carbocycles. The molecular weight excluding hydrogens is 368 g/mol. The molecule has 0 aliphatic heterocycles. The van der Waals surface area contributed by atoms with Gasteiger partial charge in [-0.3, -0.25) is 0 Å². The normalized spacial score (nSPS) is 21.0. The van der Waals surface area contributed by atoms with Gasteiger partial charge in [0.15, 0.2) is 0 Å². The first-order valence-electron chi connectivity index (χ1n) is 9.21. The fraction of sp³-hybridized carbons (Fsp3) is 0.333. The Morgan fingerprint density at radius 3 is 2.16 bits per heavy atom. The summed E-state index contributed by atoms with van der Waals surface area (Å²) in [6.07, 6.45) is 7.22. The molecule has 25 heavy (non-hydrogen) atoms. The van der Waals surface area contributed by atoms with Gasteiger partial charge in [-0.15, -0.1) is 0 Å². The highest BCUT2D eigenvalue weighted by Crippen LogP contribution is 2.46. The Labute approximate surface area is 159 Å². The van der Waals surface area contributed by atoms with Gasteiger partial charge in [0.1, 0.15) is 0 Å².